The highest BCUT2D eigenvalue weighted by molar-refractivity contribution is 7.17. The van der Waals surface area contributed by atoms with Crippen molar-refractivity contribution in [1.82, 2.24) is 24.9 Å². The summed E-state index contributed by atoms with van der Waals surface area (Å²) in [7, 11) is 0. The molecule has 13 heteroatoms. The number of urea groups is 1. The molecule has 0 saturated carbocycles. The first kappa shape index (κ1) is 27.2. The fourth-order valence-corrected chi connectivity index (χ4v) is 5.02. The number of rotatable bonds is 10. The van der Waals surface area contributed by atoms with E-state index in [9.17, 15) is 14.7 Å². The molecule has 0 spiro atoms. The van der Waals surface area contributed by atoms with Crippen LogP contribution in [0.4, 0.5) is 15.6 Å². The molecule has 1 saturated heterocycles. The van der Waals surface area contributed by atoms with Crippen molar-refractivity contribution < 1.29 is 24.2 Å². The van der Waals surface area contributed by atoms with Crippen LogP contribution in [0, 0.1) is 0 Å². The van der Waals surface area contributed by atoms with Gasteiger partial charge in [-0.05, 0) is 42.8 Å². The van der Waals surface area contributed by atoms with E-state index in [1.165, 1.54) is 0 Å². The Bertz CT molecular complexity index is 1450. The highest BCUT2D eigenvalue weighted by Gasteiger charge is 2.17. The van der Waals surface area contributed by atoms with Crippen molar-refractivity contribution in [3.05, 3.63) is 65.3 Å². The van der Waals surface area contributed by atoms with Gasteiger partial charge in [0, 0.05) is 30.9 Å². The largest absolute Gasteiger partial charge is 0.492 e. The Kier molecular flexibility index (Phi) is 8.64. The van der Waals surface area contributed by atoms with Gasteiger partial charge in [0.05, 0.1) is 30.8 Å². The van der Waals surface area contributed by atoms with Crippen molar-refractivity contribution in [3.63, 3.8) is 0 Å². The van der Waals surface area contributed by atoms with Crippen molar-refractivity contribution in [1.29, 1.82) is 0 Å². The highest BCUT2D eigenvalue weighted by atomic mass is 32.1. The first-order valence-electron chi connectivity index (χ1n) is 12.9. The molecule has 0 atom stereocenters. The fraction of sp³-hybridized carbons (Fsp3) is 0.296. The summed E-state index contributed by atoms with van der Waals surface area (Å²) in [5, 5.41) is 23.3. The van der Waals surface area contributed by atoms with E-state index in [1.54, 1.807) is 16.8 Å². The first-order chi connectivity index (χ1) is 19.5. The van der Waals surface area contributed by atoms with Crippen LogP contribution in [0.1, 0.15) is 22.3 Å². The minimum atomic E-state index is -1.06. The van der Waals surface area contributed by atoms with Gasteiger partial charge >= 0.3 is 12.0 Å². The van der Waals surface area contributed by atoms with Crippen molar-refractivity contribution in [3.8, 4) is 22.7 Å². The first-order valence-corrected chi connectivity index (χ1v) is 13.7. The predicted octanol–water partition coefficient (Wildman–Crippen LogP) is 4.01. The second-order valence-corrected chi connectivity index (χ2v) is 9.95. The van der Waals surface area contributed by atoms with Crippen molar-refractivity contribution in [2.24, 2.45) is 0 Å². The lowest BCUT2D eigenvalue weighted by Gasteiger charge is -2.26. The molecule has 3 N–H and O–H groups in total. The van der Waals surface area contributed by atoms with E-state index in [0.29, 0.717) is 30.1 Å². The van der Waals surface area contributed by atoms with E-state index in [1.807, 2.05) is 49.5 Å². The lowest BCUT2D eigenvalue weighted by molar-refractivity contribution is 0.0322. The van der Waals surface area contributed by atoms with E-state index < -0.39 is 12.0 Å². The number of aromatic nitrogens is 4. The van der Waals surface area contributed by atoms with Crippen LogP contribution in [-0.2, 0) is 11.2 Å². The van der Waals surface area contributed by atoms with Crippen molar-refractivity contribution in [2.45, 2.75) is 13.3 Å². The number of carboxylic acids is 1. The zero-order chi connectivity index (χ0) is 27.9. The molecule has 0 unspecified atom stereocenters. The topological polar surface area (TPSA) is 144 Å². The number of hydrogen-bond donors (Lipinski definition) is 3. The summed E-state index contributed by atoms with van der Waals surface area (Å²) in [6.45, 7) is 6.74. The molecule has 2 amide bonds. The summed E-state index contributed by atoms with van der Waals surface area (Å²) >= 11 is 0.928. The van der Waals surface area contributed by atoms with Crippen LogP contribution >= 0.6 is 11.3 Å². The number of carbonyl (C=O) groups excluding carboxylic acids is 1. The zero-order valence-corrected chi connectivity index (χ0v) is 22.7. The third kappa shape index (κ3) is 6.81. The quantitative estimate of drug-likeness (QED) is 0.261. The van der Waals surface area contributed by atoms with Gasteiger partial charge in [-0.1, -0.05) is 35.6 Å². The summed E-state index contributed by atoms with van der Waals surface area (Å²) in [6.07, 6.45) is 2.29. The molecule has 0 bridgehead atoms. The van der Waals surface area contributed by atoms with Crippen LogP contribution in [0.15, 0.2) is 54.7 Å². The summed E-state index contributed by atoms with van der Waals surface area (Å²) < 4.78 is 12.9. The molecule has 4 aromatic rings. The Hall–Kier alpha value is -4.33. The van der Waals surface area contributed by atoms with Gasteiger partial charge in [0.1, 0.15) is 22.9 Å². The number of nitrogens with one attached hydrogen (secondary N) is 2. The normalized spacial score (nSPS) is 13.6. The molecule has 0 radical (unpaired) electrons. The van der Waals surface area contributed by atoms with Crippen LogP contribution in [0.2, 0.25) is 0 Å². The average molecular weight is 564 g/mol. The number of thiazole rings is 1. The molecule has 1 aliphatic heterocycles. The molecule has 1 fully saturated rings. The number of amides is 2. The lowest BCUT2D eigenvalue weighted by atomic mass is 10.1. The van der Waals surface area contributed by atoms with E-state index >= 15 is 0 Å². The average Bonchev–Trinajstić information content (AvgIpc) is 3.62. The third-order valence-electron chi connectivity index (χ3n) is 6.26. The Morgan fingerprint density at radius 3 is 2.50 bits per heavy atom. The van der Waals surface area contributed by atoms with Gasteiger partial charge in [0.15, 0.2) is 5.13 Å². The number of carbonyl (C=O) groups is 2. The van der Waals surface area contributed by atoms with Crippen molar-refractivity contribution in [2.75, 3.05) is 50.1 Å². The number of aromatic carboxylic acids is 1. The Balaban J connectivity index is 1.14. The fourth-order valence-electron chi connectivity index (χ4n) is 4.13. The molecule has 3 heterocycles. The number of benzene rings is 2. The molecular formula is C27H29N7O5S. The highest BCUT2D eigenvalue weighted by Crippen LogP contribution is 2.25. The molecule has 40 heavy (non-hydrogen) atoms. The Morgan fingerprint density at radius 2 is 1.82 bits per heavy atom. The number of carboxylic acid groups (broad SMARTS) is 1. The maximum absolute atomic E-state index is 12.4. The molecule has 12 nitrogen and oxygen atoms in total. The standard InChI is InChI=1S/C27H29N7O5S/c1-2-22-24(25(35)36)40-27(29-22)30-26(37)28-19-5-3-18(4-6-19)23-17-34(32-31-23)20-7-9-21(10-8-20)39-16-13-33-11-14-38-15-12-33/h3-10,17H,2,11-16H2,1H3,(H,35,36)(H2,28,29,30,37). The van der Waals surface area contributed by atoms with E-state index in [0.717, 1.165) is 61.2 Å². The Labute approximate surface area is 234 Å². The van der Waals surface area contributed by atoms with Gasteiger partial charge in [0.25, 0.3) is 0 Å². The molecule has 5 rings (SSSR count). The second kappa shape index (κ2) is 12.7. The SMILES string of the molecule is CCc1nc(NC(=O)Nc2ccc(-c3cn(-c4ccc(OCCN5CCOCC5)cc4)nn3)cc2)sc1C(=O)O. The number of ether oxygens (including phenoxy) is 2. The van der Waals surface area contributed by atoms with Crippen LogP contribution in [0.25, 0.3) is 16.9 Å². The van der Waals surface area contributed by atoms with E-state index in [-0.39, 0.29) is 10.0 Å². The van der Waals surface area contributed by atoms with Crippen LogP contribution in [0.5, 0.6) is 5.75 Å². The number of aryl methyl sites for hydroxylation is 1. The van der Waals surface area contributed by atoms with Gasteiger partial charge in [0.2, 0.25) is 0 Å². The zero-order valence-electron chi connectivity index (χ0n) is 21.9. The number of morpholine rings is 1. The number of nitrogens with zero attached hydrogens (tertiary/aromatic N) is 5. The Morgan fingerprint density at radius 1 is 1.07 bits per heavy atom. The predicted molar refractivity (Wildman–Crippen MR) is 151 cm³/mol. The van der Waals surface area contributed by atoms with Crippen LogP contribution in [0.3, 0.4) is 0 Å². The minimum absolute atomic E-state index is 0.124. The minimum Gasteiger partial charge on any atom is -0.492 e. The van der Waals surface area contributed by atoms with Gasteiger partial charge < -0.3 is 19.9 Å². The lowest BCUT2D eigenvalue weighted by Crippen LogP contribution is -2.38. The van der Waals surface area contributed by atoms with Crippen LogP contribution in [-0.4, -0.2) is 81.4 Å². The smallest absolute Gasteiger partial charge is 0.347 e. The second-order valence-electron chi connectivity index (χ2n) is 8.95. The number of hydrogen-bond acceptors (Lipinski definition) is 9. The third-order valence-corrected chi connectivity index (χ3v) is 7.26. The molecule has 2 aromatic carbocycles. The van der Waals surface area contributed by atoms with E-state index in [2.05, 4.69) is 30.8 Å². The molecule has 1 aliphatic rings. The van der Waals surface area contributed by atoms with Crippen molar-refractivity contribution >= 4 is 34.2 Å². The summed E-state index contributed by atoms with van der Waals surface area (Å²) in [5.41, 5.74) is 3.36. The molecule has 2 aromatic heterocycles. The number of anilines is 2. The van der Waals surface area contributed by atoms with Gasteiger partial charge in [-0.3, -0.25) is 10.2 Å². The maximum atomic E-state index is 12.4. The maximum Gasteiger partial charge on any atom is 0.347 e. The molecule has 0 aliphatic carbocycles. The molecule has 208 valence electrons. The summed E-state index contributed by atoms with van der Waals surface area (Å²) in [5.74, 6) is -0.260. The summed E-state index contributed by atoms with van der Waals surface area (Å²) in [6, 6.07) is 14.3. The van der Waals surface area contributed by atoms with Gasteiger partial charge in [-0.15, -0.1) is 5.10 Å². The van der Waals surface area contributed by atoms with Crippen LogP contribution < -0.4 is 15.4 Å². The van der Waals surface area contributed by atoms with E-state index in [4.69, 9.17) is 9.47 Å². The monoisotopic (exact) mass is 563 g/mol. The summed E-state index contributed by atoms with van der Waals surface area (Å²) in [4.78, 5) is 30.3. The molecular weight excluding hydrogens is 534 g/mol. The van der Waals surface area contributed by atoms with Gasteiger partial charge in [-0.2, -0.15) is 0 Å². The van der Waals surface area contributed by atoms with Gasteiger partial charge in [-0.25, -0.2) is 19.3 Å².